The number of rotatable bonds is 11. The zero-order chi connectivity index (χ0) is 24.7. The number of carbonyl (C=O) groups excluding carboxylic acids is 1. The van der Waals surface area contributed by atoms with Crippen LogP contribution in [0.1, 0.15) is 29.4 Å². The highest BCUT2D eigenvalue weighted by molar-refractivity contribution is 5.77. The van der Waals surface area contributed by atoms with Crippen LogP contribution in [0.15, 0.2) is 39.8 Å². The van der Waals surface area contributed by atoms with Crippen molar-refractivity contribution in [2.45, 2.75) is 26.0 Å². The summed E-state index contributed by atoms with van der Waals surface area (Å²) >= 11 is 0. The molecule has 1 atom stereocenters. The Hall–Kier alpha value is -4.06. The summed E-state index contributed by atoms with van der Waals surface area (Å²) in [6.07, 6.45) is 1.26. The number of nitrogens with one attached hydrogen (secondary N) is 2. The molecule has 0 spiro atoms. The van der Waals surface area contributed by atoms with Crippen molar-refractivity contribution in [1.29, 1.82) is 0 Å². The van der Waals surface area contributed by atoms with E-state index in [0.717, 1.165) is 0 Å². The minimum atomic E-state index is -0.806. The number of amides is 1. The summed E-state index contributed by atoms with van der Waals surface area (Å²) in [5.74, 6) is -0.887. The molecule has 0 aliphatic heterocycles. The van der Waals surface area contributed by atoms with Gasteiger partial charge in [0.1, 0.15) is 18.8 Å². The molecule has 12 heteroatoms. The first kappa shape index (κ1) is 24.6. The number of aryl methyl sites for hydroxylation is 1. The Labute approximate surface area is 195 Å². The topological polar surface area (TPSA) is 161 Å². The van der Waals surface area contributed by atoms with E-state index >= 15 is 0 Å². The van der Waals surface area contributed by atoms with E-state index in [0.29, 0.717) is 23.8 Å². The van der Waals surface area contributed by atoms with Gasteiger partial charge in [-0.05, 0) is 24.6 Å². The molecular formula is C22H27N5O7. The summed E-state index contributed by atoms with van der Waals surface area (Å²) in [5.41, 5.74) is -0.0982. The monoisotopic (exact) mass is 473 g/mol. The molecule has 0 fully saturated rings. The molecule has 12 nitrogen and oxygen atoms in total. The van der Waals surface area contributed by atoms with Crippen LogP contribution in [-0.2, 0) is 16.3 Å². The molecule has 0 saturated heterocycles. The predicted molar refractivity (Wildman–Crippen MR) is 121 cm³/mol. The number of hydrogen-bond acceptors (Lipinski definition) is 10. The fourth-order valence-electron chi connectivity index (χ4n) is 3.39. The molecular weight excluding hydrogens is 446 g/mol. The van der Waals surface area contributed by atoms with Crippen LogP contribution in [0.5, 0.6) is 17.2 Å². The van der Waals surface area contributed by atoms with Gasteiger partial charge in [-0.2, -0.15) is 10.1 Å². The molecule has 0 aliphatic carbocycles. The highest BCUT2D eigenvalue weighted by Gasteiger charge is 2.26. The van der Waals surface area contributed by atoms with Gasteiger partial charge < -0.3 is 34.7 Å². The molecule has 1 amide bonds. The second kappa shape index (κ2) is 11.2. The molecule has 1 aromatic carbocycles. The highest BCUT2D eigenvalue weighted by atomic mass is 16.5. The van der Waals surface area contributed by atoms with Gasteiger partial charge in [0.05, 0.1) is 13.0 Å². The van der Waals surface area contributed by atoms with Crippen LogP contribution in [0, 0.1) is 6.92 Å². The number of aromatic nitrogens is 3. The molecule has 1 unspecified atom stereocenters. The molecule has 34 heavy (non-hydrogen) atoms. The normalized spacial score (nSPS) is 11.7. The van der Waals surface area contributed by atoms with E-state index in [9.17, 15) is 19.8 Å². The Morgan fingerprint density at radius 1 is 1.24 bits per heavy atom. The third-order valence-corrected chi connectivity index (χ3v) is 4.98. The average Bonchev–Trinajstić information content (AvgIpc) is 3.25. The summed E-state index contributed by atoms with van der Waals surface area (Å²) in [6, 6.07) is 5.67. The molecule has 3 rings (SSSR count). The Bertz CT molecular complexity index is 1190. The van der Waals surface area contributed by atoms with Crippen LogP contribution in [0.3, 0.4) is 0 Å². The molecule has 182 valence electrons. The Balaban J connectivity index is 1.75. The standard InChI is InChI=1S/C22H27N5O7/c1-13-8-17(29)20(31)21(34-13)15(14-4-5-16(28)18(9-14)33-3)10-19(30)23-6-7-24-22-25-11-26-27(22)12-32-2/h4-5,8-9,11,15,28,31H,6-7,10,12H2,1-3H3,(H,23,30)(H,24,25,26). The fraction of sp³-hybridized carbons (Fsp3) is 0.364. The lowest BCUT2D eigenvalue weighted by molar-refractivity contribution is -0.121. The first-order valence-electron chi connectivity index (χ1n) is 10.4. The number of hydrogen-bond donors (Lipinski definition) is 4. The van der Waals surface area contributed by atoms with E-state index in [1.165, 1.54) is 36.3 Å². The number of phenols is 1. The summed E-state index contributed by atoms with van der Waals surface area (Å²) in [6.45, 7) is 2.45. The van der Waals surface area contributed by atoms with Crippen LogP contribution in [-0.4, -0.2) is 58.2 Å². The molecule has 2 aromatic heterocycles. The first-order chi connectivity index (χ1) is 16.3. The lowest BCUT2D eigenvalue weighted by Gasteiger charge is -2.19. The smallest absolute Gasteiger partial charge is 0.227 e. The van der Waals surface area contributed by atoms with Crippen LogP contribution in [0.4, 0.5) is 5.95 Å². The third kappa shape index (κ3) is 5.84. The van der Waals surface area contributed by atoms with Crippen LogP contribution < -0.4 is 20.8 Å². The summed E-state index contributed by atoms with van der Waals surface area (Å²) in [5, 5.41) is 30.2. The number of methoxy groups -OCH3 is 2. The van der Waals surface area contributed by atoms with E-state index in [-0.39, 0.29) is 42.9 Å². The maximum absolute atomic E-state index is 12.8. The van der Waals surface area contributed by atoms with Crippen molar-refractivity contribution in [2.75, 3.05) is 32.6 Å². The number of carbonyl (C=O) groups is 1. The lowest BCUT2D eigenvalue weighted by Crippen LogP contribution is -2.30. The molecule has 0 saturated carbocycles. The zero-order valence-electron chi connectivity index (χ0n) is 19.1. The number of ether oxygens (including phenoxy) is 2. The Kier molecular flexibility index (Phi) is 8.09. The maximum atomic E-state index is 12.8. The Morgan fingerprint density at radius 2 is 2.03 bits per heavy atom. The third-order valence-electron chi connectivity index (χ3n) is 4.98. The van der Waals surface area contributed by atoms with E-state index < -0.39 is 17.1 Å². The number of nitrogens with zero attached hydrogens (tertiary/aromatic N) is 3. The van der Waals surface area contributed by atoms with E-state index in [4.69, 9.17) is 13.9 Å². The average molecular weight is 473 g/mol. The fourth-order valence-corrected chi connectivity index (χ4v) is 3.39. The minimum absolute atomic E-state index is 0.0429. The number of aromatic hydroxyl groups is 2. The van der Waals surface area contributed by atoms with Gasteiger partial charge in [-0.15, -0.1) is 0 Å². The van der Waals surface area contributed by atoms with Gasteiger partial charge >= 0.3 is 0 Å². The molecule has 0 radical (unpaired) electrons. The maximum Gasteiger partial charge on any atom is 0.227 e. The van der Waals surface area contributed by atoms with E-state index in [1.807, 2.05) is 0 Å². The number of phenolic OH excluding ortho intramolecular Hbond substituents is 1. The van der Waals surface area contributed by atoms with Crippen molar-refractivity contribution < 1.29 is 28.9 Å². The minimum Gasteiger partial charge on any atom is -0.504 e. The summed E-state index contributed by atoms with van der Waals surface area (Å²) < 4.78 is 17.4. The van der Waals surface area contributed by atoms with Gasteiger partial charge in [0.15, 0.2) is 17.3 Å². The zero-order valence-corrected chi connectivity index (χ0v) is 19.1. The summed E-state index contributed by atoms with van der Waals surface area (Å²) in [4.78, 5) is 29.0. The molecule has 0 bridgehead atoms. The van der Waals surface area contributed by atoms with Crippen molar-refractivity contribution >= 4 is 11.9 Å². The van der Waals surface area contributed by atoms with Crippen molar-refractivity contribution in [3.05, 3.63) is 57.9 Å². The molecule has 2 heterocycles. The Morgan fingerprint density at radius 3 is 2.76 bits per heavy atom. The highest BCUT2D eigenvalue weighted by Crippen LogP contribution is 2.37. The van der Waals surface area contributed by atoms with E-state index in [2.05, 4.69) is 20.7 Å². The first-order valence-corrected chi connectivity index (χ1v) is 10.4. The largest absolute Gasteiger partial charge is 0.504 e. The second-order valence-corrected chi connectivity index (χ2v) is 7.40. The molecule has 3 aromatic rings. The van der Waals surface area contributed by atoms with Crippen LogP contribution >= 0.6 is 0 Å². The number of anilines is 1. The van der Waals surface area contributed by atoms with Gasteiger partial charge in [0.25, 0.3) is 0 Å². The van der Waals surface area contributed by atoms with Crippen molar-refractivity contribution in [3.63, 3.8) is 0 Å². The summed E-state index contributed by atoms with van der Waals surface area (Å²) in [7, 11) is 2.94. The van der Waals surface area contributed by atoms with Crippen LogP contribution in [0.2, 0.25) is 0 Å². The van der Waals surface area contributed by atoms with Gasteiger partial charge in [-0.3, -0.25) is 9.59 Å². The molecule has 4 N–H and O–H groups in total. The van der Waals surface area contributed by atoms with Gasteiger partial charge in [-0.1, -0.05) is 6.07 Å². The quantitative estimate of drug-likeness (QED) is 0.299. The van der Waals surface area contributed by atoms with Gasteiger partial charge in [0, 0.05) is 32.7 Å². The van der Waals surface area contributed by atoms with Crippen LogP contribution in [0.25, 0.3) is 0 Å². The van der Waals surface area contributed by atoms with Crippen molar-refractivity contribution in [3.8, 4) is 17.2 Å². The van der Waals surface area contributed by atoms with Gasteiger partial charge in [-0.25, -0.2) is 4.68 Å². The second-order valence-electron chi connectivity index (χ2n) is 7.40. The number of benzene rings is 1. The van der Waals surface area contributed by atoms with E-state index in [1.54, 1.807) is 20.1 Å². The van der Waals surface area contributed by atoms with Crippen molar-refractivity contribution in [1.82, 2.24) is 20.1 Å². The lowest BCUT2D eigenvalue weighted by atomic mass is 9.91. The predicted octanol–water partition coefficient (Wildman–Crippen LogP) is 1.31. The molecule has 0 aliphatic rings. The van der Waals surface area contributed by atoms with Crippen molar-refractivity contribution in [2.24, 2.45) is 0 Å². The van der Waals surface area contributed by atoms with Gasteiger partial charge in [0.2, 0.25) is 23.0 Å². The SMILES string of the molecule is COCn1ncnc1NCCNC(=O)CC(c1ccc(O)c(OC)c1)c1oc(C)cc(=O)c1O.